The molecule has 2 rings (SSSR count). The Morgan fingerprint density at radius 3 is 3.00 bits per heavy atom. The molecule has 0 spiro atoms. The van der Waals surface area contributed by atoms with Gasteiger partial charge in [0.2, 0.25) is 0 Å². The number of halogens is 2. The number of nitrogens with one attached hydrogen (secondary N) is 2. The van der Waals surface area contributed by atoms with Crippen molar-refractivity contribution in [2.24, 2.45) is 0 Å². The second-order valence-electron chi connectivity index (χ2n) is 3.80. The van der Waals surface area contributed by atoms with Gasteiger partial charge in [0.15, 0.2) is 0 Å². The van der Waals surface area contributed by atoms with Crippen LogP contribution < -0.4 is 5.32 Å². The van der Waals surface area contributed by atoms with E-state index in [1.807, 2.05) is 6.92 Å². The summed E-state index contributed by atoms with van der Waals surface area (Å²) in [7, 11) is 0. The van der Waals surface area contributed by atoms with E-state index in [0.29, 0.717) is 6.54 Å². The number of aryl methyl sites for hydroxylation is 1. The summed E-state index contributed by atoms with van der Waals surface area (Å²) in [6.45, 7) is 2.22. The minimum absolute atomic E-state index is 0.173. The van der Waals surface area contributed by atoms with Crippen LogP contribution in [0.1, 0.15) is 21.6 Å². The number of H-pyrrole nitrogens is 1. The number of hydrogen-bond acceptors (Lipinski definition) is 2. The number of carbonyl (C=O) groups is 1. The molecule has 1 amide bonds. The second-order valence-corrected chi connectivity index (χ2v) is 4.60. The molecule has 0 saturated carbocycles. The van der Waals surface area contributed by atoms with Gasteiger partial charge in [-0.1, -0.05) is 6.07 Å². The maximum Gasteiger partial charge on any atom is 0.252 e. The average Bonchev–Trinajstić information content (AvgIpc) is 2.75. The predicted molar refractivity (Wildman–Crippen MR) is 68.6 cm³/mol. The van der Waals surface area contributed by atoms with Crippen molar-refractivity contribution in [2.75, 3.05) is 0 Å². The molecule has 0 aliphatic carbocycles. The van der Waals surface area contributed by atoms with Crippen LogP contribution in [0.15, 0.2) is 28.9 Å². The lowest BCUT2D eigenvalue weighted by atomic mass is 10.2. The zero-order valence-electron chi connectivity index (χ0n) is 9.63. The van der Waals surface area contributed by atoms with Crippen LogP contribution in [0.2, 0.25) is 0 Å². The largest absolute Gasteiger partial charge is 0.348 e. The number of amides is 1. The van der Waals surface area contributed by atoms with E-state index in [2.05, 4.69) is 31.4 Å². The van der Waals surface area contributed by atoms with E-state index in [9.17, 15) is 9.18 Å². The number of nitrogens with zero attached hydrogens (tertiary/aromatic N) is 1. The van der Waals surface area contributed by atoms with Gasteiger partial charge >= 0.3 is 0 Å². The molecule has 0 aliphatic rings. The van der Waals surface area contributed by atoms with Gasteiger partial charge in [0.1, 0.15) is 5.82 Å². The van der Waals surface area contributed by atoms with Gasteiger partial charge < -0.3 is 5.32 Å². The van der Waals surface area contributed by atoms with E-state index in [4.69, 9.17) is 0 Å². The fourth-order valence-electron chi connectivity index (χ4n) is 1.50. The smallest absolute Gasteiger partial charge is 0.252 e. The zero-order valence-corrected chi connectivity index (χ0v) is 11.2. The molecule has 0 radical (unpaired) electrons. The molecule has 0 saturated heterocycles. The Bertz CT molecular complexity index is 582. The van der Waals surface area contributed by atoms with Crippen LogP contribution in [0.5, 0.6) is 0 Å². The molecule has 0 fully saturated rings. The minimum atomic E-state index is -0.456. The van der Waals surface area contributed by atoms with E-state index in [1.165, 1.54) is 12.1 Å². The van der Waals surface area contributed by atoms with Crippen molar-refractivity contribution in [3.05, 3.63) is 51.5 Å². The first kappa shape index (κ1) is 12.8. The van der Waals surface area contributed by atoms with Gasteiger partial charge in [0.05, 0.1) is 16.2 Å². The Labute approximate surface area is 112 Å². The molecule has 6 heteroatoms. The Hall–Kier alpha value is -1.69. The van der Waals surface area contributed by atoms with E-state index in [-0.39, 0.29) is 15.9 Å². The Kier molecular flexibility index (Phi) is 3.76. The van der Waals surface area contributed by atoms with Gasteiger partial charge in [-0.2, -0.15) is 5.10 Å². The first-order valence-electron chi connectivity index (χ1n) is 5.30. The summed E-state index contributed by atoms with van der Waals surface area (Å²) in [5, 5.41) is 9.36. The second kappa shape index (κ2) is 5.30. The van der Waals surface area contributed by atoms with Crippen LogP contribution in [0.3, 0.4) is 0 Å². The molecule has 0 bridgehead atoms. The van der Waals surface area contributed by atoms with Crippen LogP contribution in [0, 0.1) is 12.7 Å². The SMILES string of the molecule is Cc1[nH]ncc1CNC(=O)c1cccc(F)c1Br. The summed E-state index contributed by atoms with van der Waals surface area (Å²) >= 11 is 3.06. The lowest BCUT2D eigenvalue weighted by Crippen LogP contribution is -2.23. The van der Waals surface area contributed by atoms with Crippen molar-refractivity contribution in [1.82, 2.24) is 15.5 Å². The summed E-state index contributed by atoms with van der Waals surface area (Å²) in [4.78, 5) is 11.9. The molecular formula is C12H11BrFN3O. The molecule has 0 aliphatic heterocycles. The molecule has 2 N–H and O–H groups in total. The number of aromatic amines is 1. The van der Waals surface area contributed by atoms with Crippen LogP contribution >= 0.6 is 15.9 Å². The van der Waals surface area contributed by atoms with Crippen LogP contribution in [-0.2, 0) is 6.54 Å². The van der Waals surface area contributed by atoms with Crippen molar-refractivity contribution in [3.63, 3.8) is 0 Å². The third-order valence-electron chi connectivity index (χ3n) is 2.57. The summed E-state index contributed by atoms with van der Waals surface area (Å²) in [6.07, 6.45) is 1.65. The quantitative estimate of drug-likeness (QED) is 0.915. The first-order valence-corrected chi connectivity index (χ1v) is 6.10. The van der Waals surface area contributed by atoms with E-state index < -0.39 is 5.82 Å². The van der Waals surface area contributed by atoms with Gasteiger partial charge in [-0.3, -0.25) is 9.89 Å². The van der Waals surface area contributed by atoms with E-state index >= 15 is 0 Å². The Morgan fingerprint density at radius 2 is 2.33 bits per heavy atom. The maximum atomic E-state index is 13.3. The highest BCUT2D eigenvalue weighted by molar-refractivity contribution is 9.10. The third kappa shape index (κ3) is 2.59. The van der Waals surface area contributed by atoms with Gasteiger partial charge in [0, 0.05) is 17.8 Å². The molecule has 1 aromatic carbocycles. The molecule has 0 unspecified atom stereocenters. The predicted octanol–water partition coefficient (Wildman–Crippen LogP) is 2.55. The van der Waals surface area contributed by atoms with Gasteiger partial charge in [-0.15, -0.1) is 0 Å². The highest BCUT2D eigenvalue weighted by Gasteiger charge is 2.13. The fraction of sp³-hybridized carbons (Fsp3) is 0.167. The van der Waals surface area contributed by atoms with Crippen LogP contribution in [-0.4, -0.2) is 16.1 Å². The Morgan fingerprint density at radius 1 is 1.56 bits per heavy atom. The van der Waals surface area contributed by atoms with Crippen molar-refractivity contribution in [1.29, 1.82) is 0 Å². The molecule has 0 atom stereocenters. The number of hydrogen-bond donors (Lipinski definition) is 2. The summed E-state index contributed by atoms with van der Waals surface area (Å²) < 4.78 is 13.4. The summed E-state index contributed by atoms with van der Waals surface area (Å²) in [5.74, 6) is -0.788. The first-order chi connectivity index (χ1) is 8.59. The zero-order chi connectivity index (χ0) is 13.1. The van der Waals surface area contributed by atoms with Crippen molar-refractivity contribution >= 4 is 21.8 Å². The van der Waals surface area contributed by atoms with Gasteiger partial charge in [-0.25, -0.2) is 4.39 Å². The summed E-state index contributed by atoms with van der Waals surface area (Å²) in [5.41, 5.74) is 2.07. The topological polar surface area (TPSA) is 57.8 Å². The monoisotopic (exact) mass is 311 g/mol. The highest BCUT2D eigenvalue weighted by Crippen LogP contribution is 2.20. The Balaban J connectivity index is 2.09. The number of benzene rings is 1. The maximum absolute atomic E-state index is 13.3. The fourth-order valence-corrected chi connectivity index (χ4v) is 1.95. The number of carbonyl (C=O) groups excluding carboxylic acids is 1. The van der Waals surface area contributed by atoms with Crippen LogP contribution in [0.4, 0.5) is 4.39 Å². The molecular weight excluding hydrogens is 301 g/mol. The van der Waals surface area contributed by atoms with Crippen molar-refractivity contribution in [2.45, 2.75) is 13.5 Å². The van der Waals surface area contributed by atoms with E-state index in [0.717, 1.165) is 11.3 Å². The minimum Gasteiger partial charge on any atom is -0.348 e. The molecule has 1 heterocycles. The average molecular weight is 312 g/mol. The molecule has 94 valence electrons. The molecule has 2 aromatic rings. The van der Waals surface area contributed by atoms with Crippen LogP contribution in [0.25, 0.3) is 0 Å². The highest BCUT2D eigenvalue weighted by atomic mass is 79.9. The lowest BCUT2D eigenvalue weighted by molar-refractivity contribution is 0.0949. The molecule has 4 nitrogen and oxygen atoms in total. The third-order valence-corrected chi connectivity index (χ3v) is 3.38. The van der Waals surface area contributed by atoms with Crippen molar-refractivity contribution < 1.29 is 9.18 Å². The lowest BCUT2D eigenvalue weighted by Gasteiger charge is -2.06. The number of rotatable bonds is 3. The van der Waals surface area contributed by atoms with Crippen molar-refractivity contribution in [3.8, 4) is 0 Å². The summed E-state index contributed by atoms with van der Waals surface area (Å²) in [6, 6.07) is 4.35. The standard InChI is InChI=1S/C12H11BrFN3O/c1-7-8(6-16-17-7)5-15-12(18)9-3-2-4-10(14)11(9)13/h2-4,6H,5H2,1H3,(H,15,18)(H,16,17). The number of aromatic nitrogens is 2. The molecule has 18 heavy (non-hydrogen) atoms. The van der Waals surface area contributed by atoms with Gasteiger partial charge in [-0.05, 0) is 35.0 Å². The van der Waals surface area contributed by atoms with Gasteiger partial charge in [0.25, 0.3) is 5.91 Å². The normalized spacial score (nSPS) is 10.4. The molecule has 1 aromatic heterocycles. The van der Waals surface area contributed by atoms with E-state index in [1.54, 1.807) is 12.3 Å².